The molecule has 0 fully saturated rings. The van der Waals surface area contributed by atoms with Gasteiger partial charge < -0.3 is 28.6 Å². The Morgan fingerprint density at radius 1 is 0.545 bits per heavy atom. The van der Waals surface area contributed by atoms with E-state index < -0.39 is 13.2 Å². The van der Waals surface area contributed by atoms with E-state index in [-0.39, 0.29) is 12.9 Å². The van der Waals surface area contributed by atoms with Crippen molar-refractivity contribution in [1.82, 2.24) is 5.32 Å². The van der Waals surface area contributed by atoms with Crippen molar-refractivity contribution in [3.63, 3.8) is 0 Å². The summed E-state index contributed by atoms with van der Waals surface area (Å²) in [5.74, 6) is 2.43. The average molecular weight is 610 g/mol. The Morgan fingerprint density at radius 2 is 0.955 bits per heavy atom. The lowest BCUT2D eigenvalue weighted by Gasteiger charge is -2.36. The molecule has 0 aliphatic heterocycles. The summed E-state index contributed by atoms with van der Waals surface area (Å²) in [5, 5.41) is 3.25. The van der Waals surface area contributed by atoms with Crippen molar-refractivity contribution >= 4 is 7.60 Å². The predicted molar refractivity (Wildman–Crippen MR) is 173 cm³/mol. The van der Waals surface area contributed by atoms with Crippen molar-refractivity contribution in [2.75, 3.05) is 33.7 Å². The third kappa shape index (κ3) is 7.50. The number of nitrogens with one attached hydrogen (secondary N) is 1. The summed E-state index contributed by atoms with van der Waals surface area (Å²) in [6.45, 7) is 0.658. The van der Waals surface area contributed by atoms with Gasteiger partial charge in [0.1, 0.15) is 34.9 Å². The first-order chi connectivity index (χ1) is 21.5. The van der Waals surface area contributed by atoms with Gasteiger partial charge in [-0.15, -0.1) is 0 Å². The van der Waals surface area contributed by atoms with Crippen LogP contribution >= 0.6 is 7.60 Å². The van der Waals surface area contributed by atoms with Gasteiger partial charge in [-0.05, 0) is 65.2 Å². The van der Waals surface area contributed by atoms with Crippen molar-refractivity contribution in [2.45, 2.75) is 5.60 Å². The minimum atomic E-state index is -3.63. The number of ether oxygens (including phenoxy) is 3. The van der Waals surface area contributed by atoms with Crippen LogP contribution in [0.25, 0.3) is 0 Å². The minimum absolute atomic E-state index is 0.0242. The maximum absolute atomic E-state index is 13.9. The van der Waals surface area contributed by atoms with Crippen LogP contribution in [0.1, 0.15) is 16.7 Å². The molecule has 0 aliphatic carbocycles. The van der Waals surface area contributed by atoms with Crippen LogP contribution in [0.15, 0.2) is 140 Å². The van der Waals surface area contributed by atoms with Crippen molar-refractivity contribution in [2.24, 2.45) is 0 Å². The molecule has 0 spiro atoms. The molecule has 0 unspecified atom stereocenters. The lowest BCUT2D eigenvalue weighted by molar-refractivity contribution is 0.0152. The van der Waals surface area contributed by atoms with Crippen LogP contribution in [-0.2, 0) is 14.9 Å². The van der Waals surface area contributed by atoms with E-state index in [1.54, 1.807) is 38.5 Å². The molecule has 226 valence electrons. The van der Waals surface area contributed by atoms with Crippen LogP contribution in [-0.4, -0.2) is 33.7 Å². The number of rotatable bonds is 15. The van der Waals surface area contributed by atoms with Crippen molar-refractivity contribution < 1.29 is 27.8 Å². The first kappa shape index (κ1) is 30.9. The van der Waals surface area contributed by atoms with E-state index >= 15 is 0 Å². The second-order valence-corrected chi connectivity index (χ2v) is 11.8. The smallest absolute Gasteiger partial charge is 0.444 e. The average Bonchev–Trinajstić information content (AvgIpc) is 3.08. The molecule has 44 heavy (non-hydrogen) atoms. The van der Waals surface area contributed by atoms with Crippen LogP contribution in [0, 0.1) is 0 Å². The standard InChI is InChI=1S/C36H36NO6P/c1-39-32-22-18-30(19-23-32)36(29-12-6-3-7-13-29,31-20-24-33(40-2)25-21-31)41-27-26-37-28-44(38,42-34-14-8-4-9-15-34)43-35-16-10-5-11-17-35/h3-25,37H,26-28H2,1-2H3. The topological polar surface area (TPSA) is 75.3 Å². The van der Waals surface area contributed by atoms with Crippen LogP contribution in [0.2, 0.25) is 0 Å². The molecule has 0 amide bonds. The summed E-state index contributed by atoms with van der Waals surface area (Å²) in [6, 6.07) is 43.9. The van der Waals surface area contributed by atoms with Gasteiger partial charge in [0.25, 0.3) is 0 Å². The third-order valence-corrected chi connectivity index (χ3v) is 8.64. The fourth-order valence-electron chi connectivity index (χ4n) is 4.93. The van der Waals surface area contributed by atoms with E-state index in [2.05, 4.69) is 17.4 Å². The normalized spacial score (nSPS) is 11.5. The van der Waals surface area contributed by atoms with Gasteiger partial charge in [0.2, 0.25) is 0 Å². The van der Waals surface area contributed by atoms with Gasteiger partial charge in [0.15, 0.2) is 0 Å². The number of para-hydroxylation sites is 2. The van der Waals surface area contributed by atoms with Gasteiger partial charge >= 0.3 is 7.60 Å². The van der Waals surface area contributed by atoms with E-state index in [1.165, 1.54) is 0 Å². The van der Waals surface area contributed by atoms with E-state index in [0.717, 1.165) is 28.2 Å². The molecule has 5 aromatic rings. The summed E-state index contributed by atoms with van der Waals surface area (Å²) in [5.41, 5.74) is 1.87. The molecule has 0 heterocycles. The highest BCUT2D eigenvalue weighted by Crippen LogP contribution is 2.47. The molecule has 0 atom stereocenters. The van der Waals surface area contributed by atoms with Crippen LogP contribution in [0.3, 0.4) is 0 Å². The fraction of sp³-hybridized carbons (Fsp3) is 0.167. The minimum Gasteiger partial charge on any atom is -0.497 e. The molecule has 0 saturated heterocycles. The van der Waals surface area contributed by atoms with E-state index in [9.17, 15) is 4.57 Å². The number of methoxy groups -OCH3 is 2. The maximum Gasteiger partial charge on any atom is 0.444 e. The molecule has 7 nitrogen and oxygen atoms in total. The van der Waals surface area contributed by atoms with E-state index in [4.69, 9.17) is 23.3 Å². The Hall–Kier alpha value is -4.55. The van der Waals surface area contributed by atoms with Crippen LogP contribution in [0.4, 0.5) is 0 Å². The molecular weight excluding hydrogens is 573 g/mol. The summed E-state index contributed by atoms with van der Waals surface area (Å²) in [7, 11) is -0.340. The van der Waals surface area contributed by atoms with E-state index in [0.29, 0.717) is 18.0 Å². The molecule has 8 heteroatoms. The fourth-order valence-corrected chi connectivity index (χ4v) is 6.42. The largest absolute Gasteiger partial charge is 0.497 e. The second kappa shape index (κ2) is 14.8. The van der Waals surface area contributed by atoms with Gasteiger partial charge in [0, 0.05) is 6.54 Å². The summed E-state index contributed by atoms with van der Waals surface area (Å²) < 4.78 is 43.5. The molecule has 0 aromatic heterocycles. The summed E-state index contributed by atoms with van der Waals surface area (Å²) in [4.78, 5) is 0. The van der Waals surface area contributed by atoms with Crippen LogP contribution in [0.5, 0.6) is 23.0 Å². The number of hydrogen-bond acceptors (Lipinski definition) is 7. The summed E-state index contributed by atoms with van der Waals surface area (Å²) >= 11 is 0. The van der Waals surface area contributed by atoms with E-state index in [1.807, 2.05) is 103 Å². The molecule has 0 radical (unpaired) electrons. The zero-order valence-corrected chi connectivity index (χ0v) is 25.7. The lowest BCUT2D eigenvalue weighted by Crippen LogP contribution is -2.35. The zero-order chi connectivity index (χ0) is 30.7. The van der Waals surface area contributed by atoms with Crippen molar-refractivity contribution in [3.05, 3.63) is 156 Å². The number of benzene rings is 5. The Labute approximate surface area is 258 Å². The molecule has 0 bridgehead atoms. The van der Waals surface area contributed by atoms with Crippen molar-refractivity contribution in [3.8, 4) is 23.0 Å². The second-order valence-electron chi connectivity index (χ2n) is 9.93. The molecular formula is C36H36NO6P. The van der Waals surface area contributed by atoms with Gasteiger partial charge in [-0.1, -0.05) is 91.0 Å². The zero-order valence-electron chi connectivity index (χ0n) is 24.8. The molecule has 0 saturated carbocycles. The highest BCUT2D eigenvalue weighted by atomic mass is 31.2. The van der Waals surface area contributed by atoms with Gasteiger partial charge in [-0.25, -0.2) is 4.57 Å². The van der Waals surface area contributed by atoms with Gasteiger partial charge in [0.05, 0.1) is 20.8 Å². The molecule has 0 aliphatic rings. The molecule has 5 aromatic carbocycles. The number of hydrogen-bond donors (Lipinski definition) is 1. The van der Waals surface area contributed by atoms with Gasteiger partial charge in [-0.2, -0.15) is 0 Å². The highest BCUT2D eigenvalue weighted by Gasteiger charge is 2.38. The highest BCUT2D eigenvalue weighted by molar-refractivity contribution is 7.54. The predicted octanol–water partition coefficient (Wildman–Crippen LogP) is 7.91. The Balaban J connectivity index is 1.39. The maximum atomic E-state index is 13.9. The first-order valence-corrected chi connectivity index (χ1v) is 16.0. The Kier molecular flexibility index (Phi) is 10.4. The van der Waals surface area contributed by atoms with Gasteiger partial charge in [-0.3, -0.25) is 0 Å². The summed E-state index contributed by atoms with van der Waals surface area (Å²) in [6.07, 6.45) is -0.0242. The Bertz CT molecular complexity index is 1520. The SMILES string of the molecule is COc1ccc(C(OCCNCP(=O)(Oc2ccccc2)Oc2ccccc2)(c2ccccc2)c2ccc(OC)cc2)cc1. The first-order valence-electron chi connectivity index (χ1n) is 14.3. The molecule has 5 rings (SSSR count). The quantitative estimate of drug-likeness (QED) is 0.0735. The molecule has 1 N–H and O–H groups in total. The van der Waals surface area contributed by atoms with Crippen LogP contribution < -0.4 is 23.8 Å². The van der Waals surface area contributed by atoms with Crippen molar-refractivity contribution in [1.29, 1.82) is 0 Å². The lowest BCUT2D eigenvalue weighted by atomic mass is 9.80. The Morgan fingerprint density at radius 3 is 1.39 bits per heavy atom. The third-order valence-electron chi connectivity index (χ3n) is 7.05. The monoisotopic (exact) mass is 609 g/mol.